The maximum atomic E-state index is 12.7. The van der Waals surface area contributed by atoms with Crippen LogP contribution < -0.4 is 11.1 Å². The lowest BCUT2D eigenvalue weighted by Gasteiger charge is -2.34. The summed E-state index contributed by atoms with van der Waals surface area (Å²) in [6.45, 7) is 0.551. The van der Waals surface area contributed by atoms with Gasteiger partial charge in [-0.05, 0) is 0 Å². The Morgan fingerprint density at radius 1 is 1.60 bits per heavy atom. The zero-order valence-corrected chi connectivity index (χ0v) is 5.61. The van der Waals surface area contributed by atoms with Crippen LogP contribution in [-0.2, 0) is 0 Å². The Kier molecular flexibility index (Phi) is 2.18. The third kappa shape index (κ3) is 1.42. The Labute approximate surface area is 58.2 Å². The SMILES string of the molecule is NCN1CCNCC1(F)F. The summed E-state index contributed by atoms with van der Waals surface area (Å²) in [6.07, 6.45) is 0. The first-order valence-electron chi connectivity index (χ1n) is 3.20. The molecule has 1 aliphatic heterocycles. The minimum Gasteiger partial charge on any atom is -0.318 e. The van der Waals surface area contributed by atoms with E-state index in [-0.39, 0.29) is 13.2 Å². The number of hydrogen-bond acceptors (Lipinski definition) is 3. The molecule has 0 aliphatic carbocycles. The Morgan fingerprint density at radius 3 is 2.70 bits per heavy atom. The molecule has 10 heavy (non-hydrogen) atoms. The fourth-order valence-electron chi connectivity index (χ4n) is 0.953. The van der Waals surface area contributed by atoms with Crippen LogP contribution in [0.4, 0.5) is 8.78 Å². The van der Waals surface area contributed by atoms with Crippen molar-refractivity contribution in [1.82, 2.24) is 10.2 Å². The molecule has 3 nitrogen and oxygen atoms in total. The minimum atomic E-state index is -2.76. The second-order valence-electron chi connectivity index (χ2n) is 2.29. The van der Waals surface area contributed by atoms with Gasteiger partial charge in [0.1, 0.15) is 0 Å². The van der Waals surface area contributed by atoms with Crippen LogP contribution in [0.15, 0.2) is 0 Å². The number of halogens is 2. The smallest absolute Gasteiger partial charge is 0.318 e. The maximum Gasteiger partial charge on any atom is 0.318 e. The van der Waals surface area contributed by atoms with Crippen LogP contribution in [0.3, 0.4) is 0 Å². The predicted octanol–water partition coefficient (Wildman–Crippen LogP) is -0.599. The van der Waals surface area contributed by atoms with E-state index in [0.717, 1.165) is 4.90 Å². The van der Waals surface area contributed by atoms with E-state index in [4.69, 9.17) is 5.73 Å². The van der Waals surface area contributed by atoms with E-state index in [1.54, 1.807) is 0 Å². The van der Waals surface area contributed by atoms with E-state index < -0.39 is 6.05 Å². The largest absolute Gasteiger partial charge is 0.318 e. The normalized spacial score (nSPS) is 26.7. The lowest BCUT2D eigenvalue weighted by Crippen LogP contribution is -2.57. The van der Waals surface area contributed by atoms with Crippen LogP contribution in [0.25, 0.3) is 0 Å². The van der Waals surface area contributed by atoms with Crippen LogP contribution in [0.2, 0.25) is 0 Å². The summed E-state index contributed by atoms with van der Waals surface area (Å²) in [4.78, 5) is 0.962. The van der Waals surface area contributed by atoms with Crippen LogP contribution >= 0.6 is 0 Å². The Hall–Kier alpha value is -0.260. The van der Waals surface area contributed by atoms with Gasteiger partial charge in [-0.15, -0.1) is 0 Å². The summed E-state index contributed by atoms with van der Waals surface area (Å²) < 4.78 is 25.3. The van der Waals surface area contributed by atoms with Gasteiger partial charge in [0.15, 0.2) is 0 Å². The first-order chi connectivity index (χ1) is 4.67. The molecule has 0 atom stereocenters. The molecule has 0 aromatic heterocycles. The van der Waals surface area contributed by atoms with Crippen molar-refractivity contribution < 1.29 is 8.78 Å². The van der Waals surface area contributed by atoms with Crippen molar-refractivity contribution in [3.8, 4) is 0 Å². The fraction of sp³-hybridized carbons (Fsp3) is 1.00. The van der Waals surface area contributed by atoms with Gasteiger partial charge in [-0.1, -0.05) is 0 Å². The summed E-state index contributed by atoms with van der Waals surface area (Å²) in [5.74, 6) is 0. The summed E-state index contributed by atoms with van der Waals surface area (Å²) in [6, 6.07) is -2.76. The van der Waals surface area contributed by atoms with E-state index in [2.05, 4.69) is 5.32 Å². The van der Waals surface area contributed by atoms with E-state index in [9.17, 15) is 8.78 Å². The molecule has 0 spiro atoms. The fourth-order valence-corrected chi connectivity index (χ4v) is 0.953. The van der Waals surface area contributed by atoms with Gasteiger partial charge in [-0.25, -0.2) is 4.90 Å². The van der Waals surface area contributed by atoms with Gasteiger partial charge in [-0.2, -0.15) is 8.78 Å². The van der Waals surface area contributed by atoms with Crippen molar-refractivity contribution in [3.63, 3.8) is 0 Å². The number of hydrogen-bond donors (Lipinski definition) is 2. The summed E-state index contributed by atoms with van der Waals surface area (Å²) in [5.41, 5.74) is 5.10. The van der Waals surface area contributed by atoms with Crippen LogP contribution in [-0.4, -0.2) is 37.2 Å². The average molecular weight is 151 g/mol. The van der Waals surface area contributed by atoms with E-state index >= 15 is 0 Å². The Balaban J connectivity index is 2.51. The van der Waals surface area contributed by atoms with Gasteiger partial charge in [0.05, 0.1) is 13.2 Å². The van der Waals surface area contributed by atoms with E-state index in [1.165, 1.54) is 0 Å². The van der Waals surface area contributed by atoms with Gasteiger partial charge < -0.3 is 11.1 Å². The maximum absolute atomic E-state index is 12.7. The number of alkyl halides is 2. The second kappa shape index (κ2) is 2.77. The highest BCUT2D eigenvalue weighted by atomic mass is 19.3. The minimum absolute atomic E-state index is 0.0747. The molecule has 1 aliphatic rings. The molecule has 60 valence electrons. The lowest BCUT2D eigenvalue weighted by molar-refractivity contribution is -0.155. The van der Waals surface area contributed by atoms with Gasteiger partial charge in [0.2, 0.25) is 0 Å². The van der Waals surface area contributed by atoms with Crippen LogP contribution in [0.1, 0.15) is 0 Å². The Morgan fingerprint density at radius 2 is 2.30 bits per heavy atom. The van der Waals surface area contributed by atoms with Crippen LogP contribution in [0.5, 0.6) is 0 Å². The number of nitrogens with zero attached hydrogens (tertiary/aromatic N) is 1. The quantitative estimate of drug-likeness (QED) is 0.492. The van der Waals surface area contributed by atoms with E-state index in [1.807, 2.05) is 0 Å². The van der Waals surface area contributed by atoms with Gasteiger partial charge in [0.25, 0.3) is 0 Å². The molecule has 3 N–H and O–H groups in total. The highest BCUT2D eigenvalue weighted by Crippen LogP contribution is 2.18. The third-order valence-electron chi connectivity index (χ3n) is 1.58. The van der Waals surface area contributed by atoms with Crippen molar-refractivity contribution in [2.24, 2.45) is 5.73 Å². The molecule has 0 radical (unpaired) electrons. The second-order valence-corrected chi connectivity index (χ2v) is 2.29. The van der Waals surface area contributed by atoms with Crippen molar-refractivity contribution in [3.05, 3.63) is 0 Å². The molecule has 0 unspecified atom stereocenters. The average Bonchev–Trinajstić information content (AvgIpc) is 1.87. The number of nitrogens with two attached hydrogens (primary N) is 1. The molecule has 1 saturated heterocycles. The molecule has 0 aromatic carbocycles. The highest BCUT2D eigenvalue weighted by molar-refractivity contribution is 4.76. The topological polar surface area (TPSA) is 41.3 Å². The first-order valence-corrected chi connectivity index (χ1v) is 3.20. The standard InChI is InChI=1S/C5H11F2N3/c6-5(7)3-9-1-2-10(5)4-8/h9H,1-4,8H2. The third-order valence-corrected chi connectivity index (χ3v) is 1.58. The van der Waals surface area contributed by atoms with E-state index in [0.29, 0.717) is 13.1 Å². The molecular formula is C5H11F2N3. The monoisotopic (exact) mass is 151 g/mol. The molecule has 1 heterocycles. The number of piperazine rings is 1. The highest BCUT2D eigenvalue weighted by Gasteiger charge is 2.37. The molecule has 5 heteroatoms. The molecule has 0 saturated carbocycles. The number of rotatable bonds is 1. The van der Waals surface area contributed by atoms with Crippen LogP contribution in [0, 0.1) is 0 Å². The first kappa shape index (κ1) is 7.84. The molecule has 0 amide bonds. The molecule has 0 aromatic rings. The molecule has 1 fully saturated rings. The predicted molar refractivity (Wildman–Crippen MR) is 33.6 cm³/mol. The van der Waals surface area contributed by atoms with Gasteiger partial charge in [-0.3, -0.25) is 0 Å². The summed E-state index contributed by atoms with van der Waals surface area (Å²) >= 11 is 0. The Bertz CT molecular complexity index is 117. The summed E-state index contributed by atoms with van der Waals surface area (Å²) in [5, 5.41) is 2.59. The molecule has 1 rings (SSSR count). The van der Waals surface area contributed by atoms with Crippen molar-refractivity contribution in [1.29, 1.82) is 0 Å². The van der Waals surface area contributed by atoms with Gasteiger partial charge in [0, 0.05) is 13.1 Å². The van der Waals surface area contributed by atoms with Crippen molar-refractivity contribution in [2.45, 2.75) is 6.05 Å². The zero-order chi connectivity index (χ0) is 7.61. The molecule has 0 bridgehead atoms. The lowest BCUT2D eigenvalue weighted by atomic mass is 10.3. The van der Waals surface area contributed by atoms with Gasteiger partial charge >= 0.3 is 6.05 Å². The summed E-state index contributed by atoms with van der Waals surface area (Å²) in [7, 11) is 0. The molecular weight excluding hydrogens is 140 g/mol. The van der Waals surface area contributed by atoms with Crippen molar-refractivity contribution in [2.75, 3.05) is 26.3 Å². The number of nitrogens with one attached hydrogen (secondary N) is 1. The zero-order valence-electron chi connectivity index (χ0n) is 5.61. The van der Waals surface area contributed by atoms with Crippen molar-refractivity contribution >= 4 is 0 Å².